The Morgan fingerprint density at radius 1 is 1.67 bits per heavy atom. The van der Waals surface area contributed by atoms with Gasteiger partial charge in [-0.15, -0.1) is 0 Å². The van der Waals surface area contributed by atoms with E-state index < -0.39 is 0 Å². The Morgan fingerprint density at radius 2 is 2.40 bits per heavy atom. The number of allylic oxidation sites excluding steroid dienone is 2. The van der Waals surface area contributed by atoms with Gasteiger partial charge in [-0.2, -0.15) is 0 Å². The summed E-state index contributed by atoms with van der Waals surface area (Å²) in [6.45, 7) is 2.52. The molecule has 0 amide bonds. The summed E-state index contributed by atoms with van der Waals surface area (Å²) in [5, 5.41) is 0.304. The Labute approximate surface area is 93.4 Å². The van der Waals surface area contributed by atoms with Crippen molar-refractivity contribution in [3.63, 3.8) is 0 Å². The lowest BCUT2D eigenvalue weighted by atomic mass is 10.3. The van der Waals surface area contributed by atoms with E-state index in [1.165, 1.54) is 6.07 Å². The normalized spacial score (nSPS) is 16.1. The molecule has 1 aromatic rings. The Kier molecular flexibility index (Phi) is 2.91. The molecule has 1 aliphatic carbocycles. The van der Waals surface area contributed by atoms with Crippen LogP contribution in [0.1, 0.15) is 31.5 Å². The highest BCUT2D eigenvalue weighted by molar-refractivity contribution is 6.29. The van der Waals surface area contributed by atoms with Crippen molar-refractivity contribution in [1.82, 2.24) is 9.55 Å². The van der Waals surface area contributed by atoms with Gasteiger partial charge in [-0.25, -0.2) is 4.98 Å². The summed E-state index contributed by atoms with van der Waals surface area (Å²) in [4.78, 5) is 15.9. The van der Waals surface area contributed by atoms with Gasteiger partial charge in [-0.3, -0.25) is 9.36 Å². The average molecular weight is 225 g/mol. The van der Waals surface area contributed by atoms with Gasteiger partial charge in [0.15, 0.2) is 0 Å². The fourth-order valence-electron chi connectivity index (χ4n) is 1.54. The van der Waals surface area contributed by atoms with Gasteiger partial charge in [0.25, 0.3) is 5.56 Å². The second-order valence-electron chi connectivity index (χ2n) is 3.73. The lowest BCUT2D eigenvalue weighted by Gasteiger charge is -2.08. The van der Waals surface area contributed by atoms with Gasteiger partial charge in [-0.1, -0.05) is 23.8 Å². The van der Waals surface area contributed by atoms with Crippen molar-refractivity contribution in [2.24, 2.45) is 0 Å². The van der Waals surface area contributed by atoms with Gasteiger partial charge in [0.2, 0.25) is 0 Å². The third kappa shape index (κ3) is 2.29. The molecular formula is C11H13ClN2O. The van der Waals surface area contributed by atoms with E-state index in [1.54, 1.807) is 4.57 Å². The molecule has 15 heavy (non-hydrogen) atoms. The molecule has 0 spiro atoms. The number of hydrogen-bond donors (Lipinski definition) is 0. The lowest BCUT2D eigenvalue weighted by Crippen LogP contribution is -2.23. The van der Waals surface area contributed by atoms with E-state index in [9.17, 15) is 4.79 Å². The zero-order valence-corrected chi connectivity index (χ0v) is 9.37. The maximum Gasteiger partial charge on any atom is 0.255 e. The zero-order valence-electron chi connectivity index (χ0n) is 8.61. The van der Waals surface area contributed by atoms with Crippen LogP contribution in [0, 0.1) is 0 Å². The standard InChI is InChI=1S/C11H13ClN2O/c1-2-3-6-14-10(15)7-9(12)13-11(14)8-4-5-8/h2-3,7-8H,4-6H2,1H3/b3-2+. The Morgan fingerprint density at radius 3 is 3.00 bits per heavy atom. The zero-order chi connectivity index (χ0) is 10.8. The lowest BCUT2D eigenvalue weighted by molar-refractivity contribution is 0.681. The van der Waals surface area contributed by atoms with Crippen LogP contribution < -0.4 is 5.56 Å². The molecule has 0 N–H and O–H groups in total. The minimum absolute atomic E-state index is 0.0602. The van der Waals surface area contributed by atoms with Gasteiger partial charge in [-0.05, 0) is 19.8 Å². The number of halogens is 1. The molecule has 0 atom stereocenters. The van der Waals surface area contributed by atoms with Crippen LogP contribution in [-0.2, 0) is 6.54 Å². The molecule has 0 aromatic carbocycles. The summed E-state index contributed by atoms with van der Waals surface area (Å²) in [6, 6.07) is 1.37. The maximum absolute atomic E-state index is 11.7. The molecule has 1 fully saturated rings. The first-order valence-corrected chi connectivity index (χ1v) is 5.48. The fourth-order valence-corrected chi connectivity index (χ4v) is 1.72. The van der Waals surface area contributed by atoms with Crippen molar-refractivity contribution in [3.8, 4) is 0 Å². The minimum Gasteiger partial charge on any atom is -0.292 e. The first-order valence-electron chi connectivity index (χ1n) is 5.11. The summed E-state index contributed by atoms with van der Waals surface area (Å²) >= 11 is 5.79. The van der Waals surface area contributed by atoms with Crippen LogP contribution in [0.4, 0.5) is 0 Å². The molecule has 2 rings (SSSR count). The molecule has 0 aliphatic heterocycles. The number of aromatic nitrogens is 2. The van der Waals surface area contributed by atoms with Crippen molar-refractivity contribution < 1.29 is 0 Å². The van der Waals surface area contributed by atoms with Crippen LogP contribution in [-0.4, -0.2) is 9.55 Å². The molecule has 0 unspecified atom stereocenters. The molecule has 0 radical (unpaired) electrons. The first-order chi connectivity index (χ1) is 7.22. The van der Waals surface area contributed by atoms with Gasteiger partial charge >= 0.3 is 0 Å². The van der Waals surface area contributed by atoms with E-state index in [4.69, 9.17) is 11.6 Å². The summed E-state index contributed by atoms with van der Waals surface area (Å²) in [5.74, 6) is 1.27. The molecule has 80 valence electrons. The second kappa shape index (κ2) is 4.19. The second-order valence-corrected chi connectivity index (χ2v) is 4.12. The number of rotatable bonds is 3. The smallest absolute Gasteiger partial charge is 0.255 e. The molecule has 1 saturated carbocycles. The van der Waals surface area contributed by atoms with Crippen LogP contribution in [0.15, 0.2) is 23.0 Å². The van der Waals surface area contributed by atoms with Crippen molar-refractivity contribution >= 4 is 11.6 Å². The van der Waals surface area contributed by atoms with E-state index in [0.717, 1.165) is 18.7 Å². The fraction of sp³-hybridized carbons (Fsp3) is 0.455. The molecule has 1 aromatic heterocycles. The molecule has 0 saturated heterocycles. The van der Waals surface area contributed by atoms with Crippen LogP contribution in [0.2, 0.25) is 5.15 Å². The summed E-state index contributed by atoms with van der Waals surface area (Å²) < 4.78 is 1.70. The molecule has 4 heteroatoms. The van der Waals surface area contributed by atoms with E-state index in [-0.39, 0.29) is 5.56 Å². The van der Waals surface area contributed by atoms with Gasteiger partial charge in [0.1, 0.15) is 11.0 Å². The highest BCUT2D eigenvalue weighted by Gasteiger charge is 2.28. The molecule has 1 aliphatic rings. The maximum atomic E-state index is 11.7. The van der Waals surface area contributed by atoms with Crippen LogP contribution >= 0.6 is 11.6 Å². The van der Waals surface area contributed by atoms with Gasteiger partial charge in [0, 0.05) is 18.5 Å². The van der Waals surface area contributed by atoms with Gasteiger partial charge < -0.3 is 0 Å². The number of nitrogens with zero attached hydrogens (tertiary/aromatic N) is 2. The third-order valence-electron chi connectivity index (χ3n) is 2.47. The summed E-state index contributed by atoms with van der Waals surface area (Å²) in [7, 11) is 0. The highest BCUT2D eigenvalue weighted by Crippen LogP contribution is 2.38. The van der Waals surface area contributed by atoms with Crippen molar-refractivity contribution in [2.45, 2.75) is 32.2 Å². The van der Waals surface area contributed by atoms with Gasteiger partial charge in [0.05, 0.1) is 0 Å². The molecule has 0 bridgehead atoms. The Bertz CT molecular complexity index is 446. The minimum atomic E-state index is -0.0602. The largest absolute Gasteiger partial charge is 0.292 e. The third-order valence-corrected chi connectivity index (χ3v) is 2.67. The Hall–Kier alpha value is -1.09. The van der Waals surface area contributed by atoms with Crippen LogP contribution in [0.3, 0.4) is 0 Å². The quantitative estimate of drug-likeness (QED) is 0.584. The van der Waals surface area contributed by atoms with E-state index in [2.05, 4.69) is 4.98 Å². The van der Waals surface area contributed by atoms with Crippen molar-refractivity contribution in [3.05, 3.63) is 39.5 Å². The van der Waals surface area contributed by atoms with Crippen LogP contribution in [0.5, 0.6) is 0 Å². The summed E-state index contributed by atoms with van der Waals surface area (Å²) in [5.41, 5.74) is -0.0602. The van der Waals surface area contributed by atoms with Crippen LogP contribution in [0.25, 0.3) is 0 Å². The Balaban J connectivity index is 2.44. The average Bonchev–Trinajstić information content (AvgIpc) is 2.98. The van der Waals surface area contributed by atoms with E-state index in [0.29, 0.717) is 17.6 Å². The van der Waals surface area contributed by atoms with Crippen molar-refractivity contribution in [2.75, 3.05) is 0 Å². The summed E-state index contributed by atoms with van der Waals surface area (Å²) in [6.07, 6.45) is 6.10. The number of hydrogen-bond acceptors (Lipinski definition) is 2. The van der Waals surface area contributed by atoms with E-state index in [1.807, 2.05) is 19.1 Å². The molecule has 1 heterocycles. The first kappa shape index (κ1) is 10.4. The molecule has 3 nitrogen and oxygen atoms in total. The molecular weight excluding hydrogens is 212 g/mol. The predicted octanol–water partition coefficient (Wildman–Crippen LogP) is 2.35. The monoisotopic (exact) mass is 224 g/mol. The highest BCUT2D eigenvalue weighted by atomic mass is 35.5. The SMILES string of the molecule is C/C=C/Cn1c(C2CC2)nc(Cl)cc1=O. The predicted molar refractivity (Wildman–Crippen MR) is 60.3 cm³/mol. The van der Waals surface area contributed by atoms with E-state index >= 15 is 0 Å². The topological polar surface area (TPSA) is 34.9 Å². The van der Waals surface area contributed by atoms with Crippen molar-refractivity contribution in [1.29, 1.82) is 0 Å².